The fourth-order valence-electron chi connectivity index (χ4n) is 0.711. The Bertz CT molecular complexity index is 329. The zero-order chi connectivity index (χ0) is 9.84. The van der Waals surface area contributed by atoms with E-state index >= 15 is 0 Å². The summed E-state index contributed by atoms with van der Waals surface area (Å²) in [6.45, 7) is 0. The van der Waals surface area contributed by atoms with Crippen LogP contribution in [0.3, 0.4) is 0 Å². The second-order valence-electron chi connectivity index (χ2n) is 2.03. The number of nitro groups is 1. The van der Waals surface area contributed by atoms with Crippen molar-refractivity contribution in [1.29, 1.82) is 0 Å². The second kappa shape index (κ2) is 4.17. The van der Waals surface area contributed by atoms with Gasteiger partial charge < -0.3 is 4.89 Å². The Morgan fingerprint density at radius 1 is 1.54 bits per heavy atom. The van der Waals surface area contributed by atoms with Crippen LogP contribution in [0.1, 0.15) is 0 Å². The van der Waals surface area contributed by atoms with Crippen molar-refractivity contribution in [2.45, 2.75) is 0 Å². The van der Waals surface area contributed by atoms with Gasteiger partial charge >= 0.3 is 0 Å². The molecule has 0 amide bonds. The van der Waals surface area contributed by atoms with Gasteiger partial charge in [0.15, 0.2) is 5.75 Å². The third-order valence-electron chi connectivity index (χ3n) is 1.25. The highest BCUT2D eigenvalue weighted by atomic mass is 79.9. The van der Waals surface area contributed by atoms with Crippen LogP contribution in [-0.2, 0) is 5.04 Å². The molecule has 6 nitrogen and oxygen atoms in total. The molecule has 0 heterocycles. The molecule has 1 N–H and O–H groups in total. The van der Waals surface area contributed by atoms with Crippen molar-refractivity contribution >= 4 is 21.6 Å². The van der Waals surface area contributed by atoms with Crippen LogP contribution in [0.15, 0.2) is 22.7 Å². The summed E-state index contributed by atoms with van der Waals surface area (Å²) in [7, 11) is 0. The van der Waals surface area contributed by atoms with E-state index in [9.17, 15) is 10.1 Å². The first-order valence-electron chi connectivity index (χ1n) is 3.07. The molecule has 1 aromatic carbocycles. The molecular formula is C6H4BrNO5. The molecule has 0 saturated heterocycles. The van der Waals surface area contributed by atoms with Gasteiger partial charge in [-0.3, -0.25) is 10.1 Å². The summed E-state index contributed by atoms with van der Waals surface area (Å²) < 4.78 is 0.316. The Morgan fingerprint density at radius 2 is 2.23 bits per heavy atom. The Kier molecular flexibility index (Phi) is 3.18. The molecule has 0 aliphatic carbocycles. The van der Waals surface area contributed by atoms with Gasteiger partial charge in [-0.15, -0.1) is 0 Å². The third kappa shape index (κ3) is 2.38. The molecule has 7 heteroatoms. The van der Waals surface area contributed by atoms with Gasteiger partial charge in [0.25, 0.3) is 5.69 Å². The van der Waals surface area contributed by atoms with E-state index in [-0.39, 0.29) is 11.4 Å². The van der Waals surface area contributed by atoms with Gasteiger partial charge in [0.1, 0.15) is 0 Å². The third-order valence-corrected chi connectivity index (χ3v) is 1.87. The summed E-state index contributed by atoms with van der Waals surface area (Å²) >= 11 is 3.00. The van der Waals surface area contributed by atoms with E-state index in [1.807, 2.05) is 0 Å². The zero-order valence-electron chi connectivity index (χ0n) is 6.14. The van der Waals surface area contributed by atoms with Crippen LogP contribution < -0.4 is 4.89 Å². The van der Waals surface area contributed by atoms with E-state index < -0.39 is 4.92 Å². The largest absolute Gasteiger partial charge is 0.307 e. The summed E-state index contributed by atoms with van der Waals surface area (Å²) in [6, 6.07) is 3.74. The van der Waals surface area contributed by atoms with Crippen molar-refractivity contribution < 1.29 is 20.1 Å². The highest BCUT2D eigenvalue weighted by molar-refractivity contribution is 9.10. The van der Waals surface area contributed by atoms with E-state index in [4.69, 9.17) is 5.26 Å². The average molecular weight is 250 g/mol. The number of benzene rings is 1. The van der Waals surface area contributed by atoms with Crippen molar-refractivity contribution in [1.82, 2.24) is 0 Å². The number of nitro benzene ring substituents is 1. The molecule has 70 valence electrons. The number of non-ortho nitro benzene ring substituents is 1. The van der Waals surface area contributed by atoms with E-state index in [2.05, 4.69) is 25.9 Å². The molecular weight excluding hydrogens is 246 g/mol. The minimum absolute atomic E-state index is 0.0860. The van der Waals surface area contributed by atoms with E-state index in [1.54, 1.807) is 0 Å². The Hall–Kier alpha value is -1.18. The van der Waals surface area contributed by atoms with Gasteiger partial charge in [0.05, 0.1) is 9.40 Å². The average Bonchev–Trinajstić information content (AvgIpc) is 2.08. The highest BCUT2D eigenvalue weighted by Gasteiger charge is 2.10. The fourth-order valence-corrected chi connectivity index (χ4v) is 1.14. The second-order valence-corrected chi connectivity index (χ2v) is 2.88. The lowest BCUT2D eigenvalue weighted by Crippen LogP contribution is -1.93. The Balaban J connectivity index is 2.98. The first-order valence-corrected chi connectivity index (χ1v) is 3.86. The first-order chi connectivity index (χ1) is 6.15. The molecule has 0 fully saturated rings. The quantitative estimate of drug-likeness (QED) is 0.504. The highest BCUT2D eigenvalue weighted by Crippen LogP contribution is 2.28. The molecule has 0 aromatic heterocycles. The summed E-state index contributed by atoms with van der Waals surface area (Å²) in [5, 5.41) is 21.6. The van der Waals surface area contributed by atoms with Crippen molar-refractivity contribution in [2.75, 3.05) is 0 Å². The Morgan fingerprint density at radius 3 is 2.69 bits per heavy atom. The van der Waals surface area contributed by atoms with Crippen LogP contribution >= 0.6 is 15.9 Å². The molecule has 1 aromatic rings. The number of hydrogen-bond donors (Lipinski definition) is 1. The first kappa shape index (κ1) is 9.90. The smallest absolute Gasteiger partial charge is 0.270 e. The molecule has 1 rings (SSSR count). The maximum absolute atomic E-state index is 10.3. The molecule has 0 unspecified atom stereocenters. The van der Waals surface area contributed by atoms with Gasteiger partial charge in [0, 0.05) is 12.1 Å². The molecule has 0 aliphatic heterocycles. The van der Waals surface area contributed by atoms with Gasteiger partial charge in [-0.2, -0.15) is 0 Å². The molecule has 0 saturated carbocycles. The minimum Gasteiger partial charge on any atom is -0.307 e. The maximum atomic E-state index is 10.3. The van der Waals surface area contributed by atoms with Crippen molar-refractivity contribution in [3.05, 3.63) is 32.8 Å². The van der Waals surface area contributed by atoms with Crippen LogP contribution in [-0.4, -0.2) is 10.2 Å². The molecule has 0 spiro atoms. The van der Waals surface area contributed by atoms with Gasteiger partial charge in [-0.1, -0.05) is 0 Å². The van der Waals surface area contributed by atoms with Crippen molar-refractivity contribution in [3.63, 3.8) is 0 Å². The van der Waals surface area contributed by atoms with Crippen LogP contribution in [0.5, 0.6) is 5.75 Å². The number of halogens is 1. The topological polar surface area (TPSA) is 81.8 Å². The number of rotatable bonds is 3. The lowest BCUT2D eigenvalue weighted by Gasteiger charge is -2.00. The lowest BCUT2D eigenvalue weighted by atomic mass is 10.3. The fraction of sp³-hybridized carbons (Fsp3) is 0. The molecule has 13 heavy (non-hydrogen) atoms. The lowest BCUT2D eigenvalue weighted by molar-refractivity contribution is -0.439. The predicted octanol–water partition coefficient (Wildman–Crippen LogP) is 2.14. The molecule has 0 aliphatic rings. The van der Waals surface area contributed by atoms with Crippen LogP contribution in [0.2, 0.25) is 0 Å². The van der Waals surface area contributed by atoms with Crippen LogP contribution in [0, 0.1) is 10.1 Å². The molecule has 0 bridgehead atoms. The van der Waals surface area contributed by atoms with Crippen LogP contribution in [0.4, 0.5) is 5.69 Å². The van der Waals surface area contributed by atoms with Gasteiger partial charge in [-0.25, -0.2) is 5.26 Å². The monoisotopic (exact) mass is 249 g/mol. The van der Waals surface area contributed by atoms with Gasteiger partial charge in [0.2, 0.25) is 0 Å². The van der Waals surface area contributed by atoms with E-state index in [0.717, 1.165) is 0 Å². The van der Waals surface area contributed by atoms with E-state index in [0.29, 0.717) is 4.47 Å². The number of hydrogen-bond acceptors (Lipinski definition) is 5. The minimum atomic E-state index is -0.547. The van der Waals surface area contributed by atoms with Crippen molar-refractivity contribution in [3.8, 4) is 5.75 Å². The van der Waals surface area contributed by atoms with E-state index in [1.165, 1.54) is 18.2 Å². The van der Waals surface area contributed by atoms with Crippen LogP contribution in [0.25, 0.3) is 0 Å². The standard InChI is InChI=1S/C6H4BrNO5/c7-5-3-4(8(9)10)1-2-6(5)12-13-11/h1-3,11H. The van der Waals surface area contributed by atoms with Crippen molar-refractivity contribution in [2.24, 2.45) is 0 Å². The SMILES string of the molecule is O=[N+]([O-])c1ccc(OOO)c(Br)c1. The summed E-state index contributed by atoms with van der Waals surface area (Å²) in [6.07, 6.45) is 0. The number of nitrogens with zero attached hydrogens (tertiary/aromatic N) is 1. The Labute approximate surface area is 80.8 Å². The zero-order valence-corrected chi connectivity index (χ0v) is 7.72. The summed E-state index contributed by atoms with van der Waals surface area (Å²) in [5.74, 6) is 0.146. The molecule has 0 atom stereocenters. The van der Waals surface area contributed by atoms with Gasteiger partial charge in [-0.05, 0) is 27.0 Å². The summed E-state index contributed by atoms with van der Waals surface area (Å²) in [4.78, 5) is 14.0. The summed E-state index contributed by atoms with van der Waals surface area (Å²) in [5.41, 5.74) is -0.0860. The maximum Gasteiger partial charge on any atom is 0.270 e. The normalized spacial score (nSPS) is 9.69. The predicted molar refractivity (Wildman–Crippen MR) is 45.1 cm³/mol. The molecule has 0 radical (unpaired) electrons.